The highest BCUT2D eigenvalue weighted by molar-refractivity contribution is 7.68. The van der Waals surface area contributed by atoms with Gasteiger partial charge in [0.1, 0.15) is 6.34 Å². The standard InChI is InChI=1S/C4H4N2OS/c7-8-4-1-5-3-6-2-4/h1,3H,2H2. The third-order valence-electron chi connectivity index (χ3n) is 0.721. The van der Waals surface area contributed by atoms with Crippen LogP contribution in [-0.2, 0) is 11.3 Å². The third kappa shape index (κ3) is 1.10. The van der Waals surface area contributed by atoms with E-state index in [0.29, 0.717) is 22.7 Å². The Hall–Kier alpha value is -0.770. The Bertz CT molecular complexity index is 190. The monoisotopic (exact) mass is 128 g/mol. The molecule has 0 aromatic rings. The van der Waals surface area contributed by atoms with E-state index in [1.807, 2.05) is 0 Å². The number of aliphatic imine (C=N–C) groups is 2. The molecular weight excluding hydrogens is 124 g/mol. The molecule has 0 amide bonds. The Morgan fingerprint density at radius 1 is 1.75 bits per heavy atom. The van der Waals surface area contributed by atoms with Crippen molar-refractivity contribution in [3.8, 4) is 0 Å². The van der Waals surface area contributed by atoms with E-state index in [-0.39, 0.29) is 0 Å². The van der Waals surface area contributed by atoms with Crippen molar-refractivity contribution >= 4 is 28.7 Å². The van der Waals surface area contributed by atoms with Crippen LogP contribution < -0.4 is 0 Å². The lowest BCUT2D eigenvalue weighted by atomic mass is 10.4. The van der Waals surface area contributed by atoms with Gasteiger partial charge < -0.3 is 0 Å². The molecule has 1 aliphatic rings. The normalized spacial score (nSPS) is 16.8. The Labute approximate surface area is 50.2 Å². The zero-order chi connectivity index (χ0) is 5.82. The zero-order valence-corrected chi connectivity index (χ0v) is 4.89. The molecule has 8 heavy (non-hydrogen) atoms. The summed E-state index contributed by atoms with van der Waals surface area (Å²) in [4.78, 5) is 8.08. The van der Waals surface area contributed by atoms with Crippen LogP contribution in [0.2, 0.25) is 0 Å². The molecular formula is C4H4N2OS. The van der Waals surface area contributed by atoms with Crippen LogP contribution in [0.3, 0.4) is 0 Å². The topological polar surface area (TPSA) is 41.8 Å². The Kier molecular flexibility index (Phi) is 1.69. The summed E-state index contributed by atoms with van der Waals surface area (Å²) in [6.07, 6.45) is 2.98. The fourth-order valence-electron chi connectivity index (χ4n) is 0.383. The van der Waals surface area contributed by atoms with Crippen LogP contribution in [0.5, 0.6) is 0 Å². The number of nitrogens with zero attached hydrogens (tertiary/aromatic N) is 2. The van der Waals surface area contributed by atoms with Gasteiger partial charge in [-0.15, -0.1) is 0 Å². The molecule has 0 unspecified atom stereocenters. The molecule has 0 bridgehead atoms. The summed E-state index contributed by atoms with van der Waals surface area (Å²) in [7, 11) is 0. The molecule has 0 atom stereocenters. The highest BCUT2D eigenvalue weighted by Gasteiger charge is 1.92. The molecule has 4 heteroatoms. The quantitative estimate of drug-likeness (QED) is 0.405. The van der Waals surface area contributed by atoms with Crippen molar-refractivity contribution < 1.29 is 4.21 Å². The summed E-state index contributed by atoms with van der Waals surface area (Å²) in [5.74, 6) is 0. The highest BCUT2D eigenvalue weighted by atomic mass is 32.1. The average molecular weight is 128 g/mol. The Morgan fingerprint density at radius 3 is 3.00 bits per heavy atom. The van der Waals surface area contributed by atoms with E-state index < -0.39 is 0 Å². The molecule has 0 spiro atoms. The van der Waals surface area contributed by atoms with E-state index >= 15 is 0 Å². The smallest absolute Gasteiger partial charge is 0.110 e. The molecule has 0 saturated heterocycles. The summed E-state index contributed by atoms with van der Waals surface area (Å²) in [6, 6.07) is 0. The minimum Gasteiger partial charge on any atom is -0.268 e. The second kappa shape index (κ2) is 2.52. The lowest BCUT2D eigenvalue weighted by Gasteiger charge is -1.91. The first-order chi connectivity index (χ1) is 3.93. The van der Waals surface area contributed by atoms with Gasteiger partial charge in [0.15, 0.2) is 0 Å². The van der Waals surface area contributed by atoms with Gasteiger partial charge in [-0.05, 0) is 0 Å². The van der Waals surface area contributed by atoms with Crippen molar-refractivity contribution in [3.05, 3.63) is 0 Å². The van der Waals surface area contributed by atoms with Crippen molar-refractivity contribution in [2.75, 3.05) is 6.54 Å². The highest BCUT2D eigenvalue weighted by Crippen LogP contribution is 1.78. The minimum absolute atomic E-state index is 0.449. The van der Waals surface area contributed by atoms with Gasteiger partial charge in [0, 0.05) is 6.21 Å². The Morgan fingerprint density at radius 2 is 2.62 bits per heavy atom. The molecule has 1 heterocycles. The summed E-state index contributed by atoms with van der Waals surface area (Å²) in [5, 5.41) is 0. The van der Waals surface area contributed by atoms with Gasteiger partial charge in [-0.3, -0.25) is 4.99 Å². The fraction of sp³-hybridized carbons (Fsp3) is 0.250. The van der Waals surface area contributed by atoms with Crippen molar-refractivity contribution in [1.29, 1.82) is 0 Å². The largest absolute Gasteiger partial charge is 0.268 e. The first kappa shape index (κ1) is 5.37. The maximum Gasteiger partial charge on any atom is 0.110 e. The maximum atomic E-state index is 10.00. The molecule has 3 nitrogen and oxygen atoms in total. The zero-order valence-electron chi connectivity index (χ0n) is 4.07. The minimum atomic E-state index is 0.449. The fourth-order valence-corrected chi connectivity index (χ4v) is 0.614. The van der Waals surface area contributed by atoms with Crippen LogP contribution in [0, 0.1) is 0 Å². The lowest BCUT2D eigenvalue weighted by Crippen LogP contribution is -2.07. The first-order valence-corrected chi connectivity index (χ1v) is 2.85. The van der Waals surface area contributed by atoms with Crippen molar-refractivity contribution in [2.24, 2.45) is 9.98 Å². The van der Waals surface area contributed by atoms with Crippen LogP contribution in [-0.4, -0.2) is 28.2 Å². The van der Waals surface area contributed by atoms with Crippen molar-refractivity contribution in [2.45, 2.75) is 0 Å². The molecule has 42 valence electrons. The second-order valence-corrected chi connectivity index (χ2v) is 1.98. The van der Waals surface area contributed by atoms with Gasteiger partial charge in [-0.25, -0.2) is 9.20 Å². The van der Waals surface area contributed by atoms with E-state index in [1.165, 1.54) is 12.6 Å². The van der Waals surface area contributed by atoms with Crippen LogP contribution in [0.1, 0.15) is 0 Å². The predicted octanol–water partition coefficient (Wildman–Crippen LogP) is -0.516. The summed E-state index contributed by atoms with van der Waals surface area (Å²) in [6.45, 7) is 0.498. The molecule has 0 radical (unpaired) electrons. The summed E-state index contributed by atoms with van der Waals surface area (Å²) < 4.78 is 10.00. The van der Waals surface area contributed by atoms with E-state index in [4.69, 9.17) is 0 Å². The second-order valence-electron chi connectivity index (χ2n) is 1.28. The van der Waals surface area contributed by atoms with Crippen LogP contribution >= 0.6 is 0 Å². The van der Waals surface area contributed by atoms with Gasteiger partial charge in [0.25, 0.3) is 0 Å². The molecule has 1 aliphatic heterocycles. The van der Waals surface area contributed by atoms with E-state index in [0.717, 1.165) is 0 Å². The first-order valence-electron chi connectivity index (χ1n) is 2.10. The predicted molar refractivity (Wildman–Crippen MR) is 35.0 cm³/mol. The van der Waals surface area contributed by atoms with Crippen LogP contribution in [0.25, 0.3) is 0 Å². The van der Waals surface area contributed by atoms with Gasteiger partial charge in [-0.2, -0.15) is 0 Å². The van der Waals surface area contributed by atoms with Crippen LogP contribution in [0.4, 0.5) is 0 Å². The van der Waals surface area contributed by atoms with E-state index in [1.54, 1.807) is 0 Å². The Balaban J connectivity index is 2.80. The maximum absolute atomic E-state index is 10.00. The van der Waals surface area contributed by atoms with Crippen molar-refractivity contribution in [1.82, 2.24) is 0 Å². The molecule has 0 aromatic heterocycles. The molecule has 1 rings (SSSR count). The molecule has 0 aliphatic carbocycles. The van der Waals surface area contributed by atoms with Crippen LogP contribution in [0.15, 0.2) is 9.98 Å². The summed E-state index contributed by atoms with van der Waals surface area (Å²) >= 11 is 0.449. The lowest BCUT2D eigenvalue weighted by molar-refractivity contribution is 0.701. The SMILES string of the molecule is O=S=C1C=NC=NC1. The van der Waals surface area contributed by atoms with Crippen molar-refractivity contribution in [3.63, 3.8) is 0 Å². The molecule has 0 aromatic carbocycles. The molecule has 0 saturated carbocycles. The van der Waals surface area contributed by atoms with Gasteiger partial charge in [0.2, 0.25) is 0 Å². The number of hydrogen-bond acceptors (Lipinski definition) is 3. The summed E-state index contributed by atoms with van der Waals surface area (Å²) in [5.41, 5.74) is 0. The van der Waals surface area contributed by atoms with E-state index in [2.05, 4.69) is 9.98 Å². The molecule has 0 fully saturated rings. The number of hydrogen-bond donors (Lipinski definition) is 0. The van der Waals surface area contributed by atoms with E-state index in [9.17, 15) is 4.21 Å². The molecule has 0 N–H and O–H groups in total. The van der Waals surface area contributed by atoms with Gasteiger partial charge in [-0.1, -0.05) is 0 Å². The number of rotatable bonds is 0. The average Bonchev–Trinajstić information content (AvgIpc) is 1.90. The van der Waals surface area contributed by atoms with Gasteiger partial charge in [0.05, 0.1) is 22.7 Å². The third-order valence-corrected chi connectivity index (χ3v) is 1.17. The van der Waals surface area contributed by atoms with Gasteiger partial charge >= 0.3 is 0 Å².